The van der Waals surface area contributed by atoms with Gasteiger partial charge >= 0.3 is 0 Å². The Balaban J connectivity index is 1.54. The fourth-order valence-electron chi connectivity index (χ4n) is 4.92. The molecule has 37 heavy (non-hydrogen) atoms. The second-order valence-electron chi connectivity index (χ2n) is 10.1. The zero-order chi connectivity index (χ0) is 26.3. The molecular weight excluding hydrogens is 542 g/mol. The molecule has 3 aromatic rings. The Morgan fingerprint density at radius 2 is 1.43 bits per heavy atom. The van der Waals surface area contributed by atoms with Gasteiger partial charge in [0.15, 0.2) is 5.78 Å². The molecule has 0 radical (unpaired) electrons. The molecule has 0 saturated heterocycles. The third-order valence-electron chi connectivity index (χ3n) is 7.11. The third kappa shape index (κ3) is 10.0. The van der Waals surface area contributed by atoms with Crippen LogP contribution in [-0.4, -0.2) is 10.8 Å². The molecule has 2 nitrogen and oxygen atoms in total. The van der Waals surface area contributed by atoms with Gasteiger partial charge in [0.1, 0.15) is 0 Å². The fraction of sp³-hybridized carbons (Fsp3) is 0.455. The Labute approximate surface area is 237 Å². The van der Waals surface area contributed by atoms with Crippen LogP contribution in [0.4, 0.5) is 0 Å². The van der Waals surface area contributed by atoms with Crippen LogP contribution in [0, 0.1) is 0 Å². The number of carbonyl (C=O) groups excluding carboxylic acids is 1. The maximum Gasteiger partial charge on any atom is 0.171 e. The predicted octanol–water partition coefficient (Wildman–Crippen LogP) is 11.2. The van der Waals surface area contributed by atoms with Gasteiger partial charge < -0.3 is 0 Å². The number of unbranched alkanes of at least 4 members (excludes halogenated alkanes) is 11. The minimum absolute atomic E-state index is 0.0928. The van der Waals surface area contributed by atoms with Crippen LogP contribution in [0.5, 0.6) is 0 Å². The first-order valence-corrected chi connectivity index (χ1v) is 15.3. The van der Waals surface area contributed by atoms with Crippen molar-refractivity contribution in [1.29, 1.82) is 0 Å². The number of Topliss-reactive ketones (excluding diaryl/α,β-unsaturated/α-hetero) is 1. The molecule has 4 heteroatoms. The summed E-state index contributed by atoms with van der Waals surface area (Å²) < 4.78 is 0.942. The van der Waals surface area contributed by atoms with Gasteiger partial charge in [-0.15, -0.1) is 0 Å². The van der Waals surface area contributed by atoms with Crippen molar-refractivity contribution >= 4 is 33.3 Å². The molecule has 3 rings (SSSR count). The number of nitrogens with zero attached hydrogens (tertiary/aromatic N) is 1. The normalized spacial score (nSPS) is 12.0. The maximum absolute atomic E-state index is 13.7. The minimum Gasteiger partial charge on any atom is -0.293 e. The molecule has 0 bridgehead atoms. The molecule has 0 aliphatic rings. The van der Waals surface area contributed by atoms with Crippen molar-refractivity contribution in [3.63, 3.8) is 0 Å². The largest absolute Gasteiger partial charge is 0.293 e. The third-order valence-corrected chi connectivity index (χ3v) is 7.95. The molecule has 0 aliphatic carbocycles. The standard InChI is InChI=1S/C33H41BrClNO/c1-2-3-4-5-6-7-8-9-10-11-12-16-19-29(30-24-28(34)21-22-31(30)35)33(37)27-20-23-32(36-25-27)26-17-14-13-15-18-26/h13-15,17-18,20-25,29H,2-12,16,19H2,1H3. The lowest BCUT2D eigenvalue weighted by molar-refractivity contribution is 0.0953. The van der Waals surface area contributed by atoms with E-state index in [0.717, 1.165) is 40.6 Å². The number of halogens is 2. The Bertz CT molecular complexity index is 1070. The van der Waals surface area contributed by atoms with Crippen LogP contribution in [0.3, 0.4) is 0 Å². The van der Waals surface area contributed by atoms with E-state index >= 15 is 0 Å². The van der Waals surface area contributed by atoms with Crippen LogP contribution in [0.25, 0.3) is 11.3 Å². The Hall–Kier alpha value is -1.97. The summed E-state index contributed by atoms with van der Waals surface area (Å²) in [5, 5.41) is 0.648. The first kappa shape index (κ1) is 29.6. The van der Waals surface area contributed by atoms with E-state index in [1.807, 2.05) is 60.7 Å². The SMILES string of the molecule is CCCCCCCCCCCCCCC(C(=O)c1ccc(-c2ccccc2)nc1)c1cc(Br)ccc1Cl. The highest BCUT2D eigenvalue weighted by Crippen LogP contribution is 2.34. The Kier molecular flexibility index (Phi) is 13.4. The van der Waals surface area contributed by atoms with E-state index in [2.05, 4.69) is 27.8 Å². The summed E-state index contributed by atoms with van der Waals surface area (Å²) in [6, 6.07) is 19.7. The average molecular weight is 583 g/mol. The number of hydrogen-bond acceptors (Lipinski definition) is 2. The van der Waals surface area contributed by atoms with Gasteiger partial charge in [0.05, 0.1) is 5.69 Å². The number of pyridine rings is 1. The predicted molar refractivity (Wildman–Crippen MR) is 162 cm³/mol. The molecule has 0 amide bonds. The van der Waals surface area contributed by atoms with E-state index in [1.54, 1.807) is 6.20 Å². The quantitative estimate of drug-likeness (QED) is 0.117. The van der Waals surface area contributed by atoms with E-state index < -0.39 is 0 Å². The lowest BCUT2D eigenvalue weighted by Crippen LogP contribution is -2.14. The molecule has 0 aliphatic heterocycles. The van der Waals surface area contributed by atoms with E-state index in [4.69, 9.17) is 11.6 Å². The molecule has 2 aromatic carbocycles. The summed E-state index contributed by atoms with van der Waals surface area (Å²) in [6.45, 7) is 2.27. The number of hydrogen-bond donors (Lipinski definition) is 0. The summed E-state index contributed by atoms with van der Waals surface area (Å²) >= 11 is 10.2. The van der Waals surface area contributed by atoms with Gasteiger partial charge in [-0.1, -0.05) is 142 Å². The molecule has 198 valence electrons. The fourth-order valence-corrected chi connectivity index (χ4v) is 5.55. The second-order valence-corrected chi connectivity index (χ2v) is 11.4. The van der Waals surface area contributed by atoms with Crippen molar-refractivity contribution in [3.05, 3.63) is 87.5 Å². The lowest BCUT2D eigenvalue weighted by atomic mass is 9.86. The maximum atomic E-state index is 13.7. The second kappa shape index (κ2) is 16.8. The molecule has 0 saturated carbocycles. The van der Waals surface area contributed by atoms with Gasteiger partial charge in [0.2, 0.25) is 0 Å². The van der Waals surface area contributed by atoms with Crippen molar-refractivity contribution < 1.29 is 4.79 Å². The number of carbonyl (C=O) groups is 1. The zero-order valence-corrected chi connectivity index (χ0v) is 24.6. The van der Waals surface area contributed by atoms with Crippen LogP contribution in [-0.2, 0) is 0 Å². The van der Waals surface area contributed by atoms with Crippen LogP contribution in [0.15, 0.2) is 71.3 Å². The minimum atomic E-state index is -0.266. The van der Waals surface area contributed by atoms with Gasteiger partial charge in [-0.05, 0) is 42.3 Å². The summed E-state index contributed by atoms with van der Waals surface area (Å²) in [4.78, 5) is 18.3. The number of aromatic nitrogens is 1. The monoisotopic (exact) mass is 581 g/mol. The molecule has 1 heterocycles. The van der Waals surface area contributed by atoms with Crippen molar-refractivity contribution in [1.82, 2.24) is 4.98 Å². The molecule has 0 fully saturated rings. The van der Waals surface area contributed by atoms with E-state index in [-0.39, 0.29) is 11.7 Å². The van der Waals surface area contributed by atoms with Gasteiger partial charge in [0.25, 0.3) is 0 Å². The van der Waals surface area contributed by atoms with E-state index in [0.29, 0.717) is 10.6 Å². The molecule has 1 atom stereocenters. The highest BCUT2D eigenvalue weighted by molar-refractivity contribution is 9.10. The first-order chi connectivity index (χ1) is 18.1. The highest BCUT2D eigenvalue weighted by Gasteiger charge is 2.24. The van der Waals surface area contributed by atoms with E-state index in [9.17, 15) is 4.79 Å². The van der Waals surface area contributed by atoms with E-state index in [1.165, 1.54) is 64.2 Å². The van der Waals surface area contributed by atoms with Crippen LogP contribution < -0.4 is 0 Å². The Morgan fingerprint density at radius 3 is 2.03 bits per heavy atom. The Morgan fingerprint density at radius 1 is 0.811 bits per heavy atom. The van der Waals surface area contributed by atoms with Crippen molar-refractivity contribution in [2.45, 2.75) is 96.3 Å². The van der Waals surface area contributed by atoms with Crippen LogP contribution >= 0.6 is 27.5 Å². The van der Waals surface area contributed by atoms with Crippen LogP contribution in [0.1, 0.15) is 112 Å². The lowest BCUT2D eigenvalue weighted by Gasteiger charge is -2.18. The number of rotatable bonds is 17. The number of benzene rings is 2. The van der Waals surface area contributed by atoms with Crippen molar-refractivity contribution in [2.75, 3.05) is 0 Å². The average Bonchev–Trinajstić information content (AvgIpc) is 2.93. The highest BCUT2D eigenvalue weighted by atomic mass is 79.9. The summed E-state index contributed by atoms with van der Waals surface area (Å²) in [7, 11) is 0. The first-order valence-electron chi connectivity index (χ1n) is 14.1. The van der Waals surface area contributed by atoms with Crippen molar-refractivity contribution in [3.8, 4) is 11.3 Å². The van der Waals surface area contributed by atoms with Gasteiger partial charge in [-0.2, -0.15) is 0 Å². The summed E-state index contributed by atoms with van der Waals surface area (Å²) in [5.41, 5.74) is 3.45. The molecule has 0 spiro atoms. The smallest absolute Gasteiger partial charge is 0.171 e. The number of ketones is 1. The zero-order valence-electron chi connectivity index (χ0n) is 22.2. The van der Waals surface area contributed by atoms with Gasteiger partial charge in [0, 0.05) is 32.7 Å². The van der Waals surface area contributed by atoms with Gasteiger partial charge in [-0.3, -0.25) is 9.78 Å². The summed E-state index contributed by atoms with van der Waals surface area (Å²) in [6.07, 6.45) is 18.1. The molecular formula is C33H41BrClNO. The van der Waals surface area contributed by atoms with Crippen LogP contribution in [0.2, 0.25) is 5.02 Å². The van der Waals surface area contributed by atoms with Crippen molar-refractivity contribution in [2.24, 2.45) is 0 Å². The summed E-state index contributed by atoms with van der Waals surface area (Å²) in [5.74, 6) is -0.173. The molecule has 1 unspecified atom stereocenters. The topological polar surface area (TPSA) is 30.0 Å². The molecule has 0 N–H and O–H groups in total. The van der Waals surface area contributed by atoms with Gasteiger partial charge in [-0.25, -0.2) is 0 Å². The molecule has 1 aromatic heterocycles.